The Labute approximate surface area is 70.8 Å². The molecule has 12 heavy (non-hydrogen) atoms. The third kappa shape index (κ3) is 2.67. The highest BCUT2D eigenvalue weighted by Gasteiger charge is 2.21. The van der Waals surface area contributed by atoms with Crippen LogP contribution in [0.15, 0.2) is 0 Å². The van der Waals surface area contributed by atoms with Crippen molar-refractivity contribution in [2.75, 3.05) is 26.3 Å². The van der Waals surface area contributed by atoms with Gasteiger partial charge in [-0.15, -0.1) is 0 Å². The largest absolute Gasteiger partial charge is 0.441 e. The zero-order valence-electron chi connectivity index (χ0n) is 6.86. The molecule has 1 aliphatic heterocycles. The molecule has 0 atom stereocenters. The molecule has 0 aromatic carbocycles. The smallest absolute Gasteiger partial charge is 0.396 e. The van der Waals surface area contributed by atoms with E-state index in [1.807, 2.05) is 0 Å². The van der Waals surface area contributed by atoms with Crippen molar-refractivity contribution in [3.63, 3.8) is 0 Å². The first-order valence-corrected chi connectivity index (χ1v) is 4.04. The third-order valence-corrected chi connectivity index (χ3v) is 1.63. The predicted molar refractivity (Wildman–Crippen MR) is 40.3 cm³/mol. The van der Waals surface area contributed by atoms with Gasteiger partial charge in [0.2, 0.25) is 0 Å². The van der Waals surface area contributed by atoms with E-state index in [9.17, 15) is 4.79 Å². The molecule has 1 N–H and O–H groups in total. The third-order valence-electron chi connectivity index (χ3n) is 1.63. The molecule has 70 valence electrons. The number of aliphatic hydroxyl groups excluding tert-OH is 1. The van der Waals surface area contributed by atoms with E-state index in [4.69, 9.17) is 5.11 Å². The molecule has 0 unspecified atom stereocenters. The molecule has 0 spiro atoms. The van der Waals surface area contributed by atoms with Crippen LogP contribution in [0.2, 0.25) is 0 Å². The Balaban J connectivity index is 1.94. The summed E-state index contributed by atoms with van der Waals surface area (Å²) < 4.78 is 0. The van der Waals surface area contributed by atoms with Gasteiger partial charge in [-0.05, 0) is 12.8 Å². The van der Waals surface area contributed by atoms with Crippen LogP contribution in [0, 0.1) is 0 Å². The summed E-state index contributed by atoms with van der Waals surface area (Å²) in [6, 6.07) is 0. The number of carbonyl (C=O) groups is 1. The first kappa shape index (κ1) is 9.28. The number of rotatable bonds is 4. The van der Waals surface area contributed by atoms with Gasteiger partial charge in [-0.3, -0.25) is 4.89 Å². The summed E-state index contributed by atoms with van der Waals surface area (Å²) in [5, 5.41) is 8.37. The van der Waals surface area contributed by atoms with Crippen molar-refractivity contribution in [1.29, 1.82) is 0 Å². The summed E-state index contributed by atoms with van der Waals surface area (Å²) in [5.41, 5.74) is 0. The van der Waals surface area contributed by atoms with Crippen molar-refractivity contribution < 1.29 is 19.7 Å². The number of nitrogens with zero attached hydrogens (tertiary/aromatic N) is 1. The van der Waals surface area contributed by atoms with Gasteiger partial charge in [0.05, 0.1) is 6.61 Å². The molecule has 5 heteroatoms. The highest BCUT2D eigenvalue weighted by atomic mass is 17.2. The van der Waals surface area contributed by atoms with Crippen LogP contribution in [0.3, 0.4) is 0 Å². The van der Waals surface area contributed by atoms with Gasteiger partial charge in [-0.2, -0.15) is 4.89 Å². The van der Waals surface area contributed by atoms with Crippen molar-refractivity contribution in [3.05, 3.63) is 0 Å². The molecule has 5 nitrogen and oxygen atoms in total. The molecule has 1 saturated heterocycles. The van der Waals surface area contributed by atoms with Crippen molar-refractivity contribution in [3.8, 4) is 0 Å². The van der Waals surface area contributed by atoms with Crippen LogP contribution >= 0.6 is 0 Å². The summed E-state index contributed by atoms with van der Waals surface area (Å²) >= 11 is 0. The lowest BCUT2D eigenvalue weighted by molar-refractivity contribution is -0.248. The maximum absolute atomic E-state index is 10.9. The number of aliphatic hydroxyl groups is 1. The molecule has 0 saturated carbocycles. The van der Waals surface area contributed by atoms with Crippen LogP contribution in [0.25, 0.3) is 0 Å². The fraction of sp³-hybridized carbons (Fsp3) is 0.857. The van der Waals surface area contributed by atoms with Crippen molar-refractivity contribution in [1.82, 2.24) is 4.90 Å². The summed E-state index contributed by atoms with van der Waals surface area (Å²) in [5.74, 6) is 0. The van der Waals surface area contributed by atoms with E-state index in [0.29, 0.717) is 6.42 Å². The summed E-state index contributed by atoms with van der Waals surface area (Å²) in [6.45, 7) is 1.79. The average Bonchev–Trinajstić information content (AvgIpc) is 1.95. The highest BCUT2D eigenvalue weighted by Crippen LogP contribution is 2.07. The van der Waals surface area contributed by atoms with Crippen LogP contribution < -0.4 is 0 Å². The van der Waals surface area contributed by atoms with Gasteiger partial charge in [0.1, 0.15) is 0 Å². The van der Waals surface area contributed by atoms with Crippen molar-refractivity contribution in [2.45, 2.75) is 12.8 Å². The molecule has 0 radical (unpaired) electrons. The molecule has 1 amide bonds. The topological polar surface area (TPSA) is 59.0 Å². The molecule has 1 heterocycles. The first-order valence-electron chi connectivity index (χ1n) is 4.04. The van der Waals surface area contributed by atoms with E-state index in [1.165, 1.54) is 0 Å². The van der Waals surface area contributed by atoms with Gasteiger partial charge in [0.25, 0.3) is 0 Å². The molecule has 1 fully saturated rings. The minimum atomic E-state index is -0.431. The Bertz CT molecular complexity index is 146. The van der Waals surface area contributed by atoms with E-state index in [-0.39, 0.29) is 13.2 Å². The maximum Gasteiger partial charge on any atom is 0.441 e. The minimum Gasteiger partial charge on any atom is -0.396 e. The van der Waals surface area contributed by atoms with Gasteiger partial charge >= 0.3 is 6.09 Å². The molecular formula is C7H13NO4. The molecular weight excluding hydrogens is 162 g/mol. The lowest BCUT2D eigenvalue weighted by Gasteiger charge is -2.28. The second-order valence-electron chi connectivity index (χ2n) is 2.59. The number of carbonyl (C=O) groups excluding carboxylic acids is 1. The first-order chi connectivity index (χ1) is 5.84. The normalized spacial score (nSPS) is 15.6. The lowest BCUT2D eigenvalue weighted by atomic mass is 10.2. The zero-order valence-corrected chi connectivity index (χ0v) is 6.86. The Morgan fingerprint density at radius 3 is 2.75 bits per heavy atom. The standard InChI is InChI=1S/C7H13NO4/c9-5-2-6-11-12-7(10)8-3-1-4-8/h9H,1-6H2. The van der Waals surface area contributed by atoms with Crippen LogP contribution in [-0.2, 0) is 9.78 Å². The SMILES string of the molecule is O=C(OOCCCO)N1CCC1. The van der Waals surface area contributed by atoms with E-state index in [1.54, 1.807) is 4.90 Å². The maximum atomic E-state index is 10.9. The summed E-state index contributed by atoms with van der Waals surface area (Å²) in [4.78, 5) is 21.4. The zero-order chi connectivity index (χ0) is 8.81. The summed E-state index contributed by atoms with van der Waals surface area (Å²) in [6.07, 6.45) is 1.08. The van der Waals surface area contributed by atoms with E-state index >= 15 is 0 Å². The molecule has 0 aliphatic carbocycles. The average molecular weight is 175 g/mol. The second kappa shape index (κ2) is 4.95. The quantitative estimate of drug-likeness (QED) is 0.375. The van der Waals surface area contributed by atoms with E-state index in [0.717, 1.165) is 19.5 Å². The number of amides is 1. The monoisotopic (exact) mass is 175 g/mol. The Hall–Kier alpha value is -0.810. The lowest BCUT2D eigenvalue weighted by Crippen LogP contribution is -2.42. The number of hydrogen-bond donors (Lipinski definition) is 1. The predicted octanol–water partition coefficient (Wildman–Crippen LogP) is 0.143. The fourth-order valence-electron chi connectivity index (χ4n) is 0.767. The number of likely N-dealkylation sites (tertiary alicyclic amines) is 1. The van der Waals surface area contributed by atoms with Crippen LogP contribution in [0.5, 0.6) is 0 Å². The van der Waals surface area contributed by atoms with Crippen LogP contribution in [0.4, 0.5) is 4.79 Å². The van der Waals surface area contributed by atoms with Crippen molar-refractivity contribution >= 4 is 6.09 Å². The van der Waals surface area contributed by atoms with Gasteiger partial charge < -0.3 is 10.0 Å². The Kier molecular flexibility index (Phi) is 3.83. The van der Waals surface area contributed by atoms with E-state index in [2.05, 4.69) is 9.78 Å². The summed E-state index contributed by atoms with van der Waals surface area (Å²) in [7, 11) is 0. The van der Waals surface area contributed by atoms with Crippen LogP contribution in [0.1, 0.15) is 12.8 Å². The number of hydrogen-bond acceptors (Lipinski definition) is 4. The van der Waals surface area contributed by atoms with E-state index < -0.39 is 6.09 Å². The Morgan fingerprint density at radius 1 is 1.50 bits per heavy atom. The minimum absolute atomic E-state index is 0.0429. The second-order valence-corrected chi connectivity index (χ2v) is 2.59. The van der Waals surface area contributed by atoms with Gasteiger partial charge in [0, 0.05) is 19.7 Å². The van der Waals surface area contributed by atoms with Gasteiger partial charge in [-0.25, -0.2) is 4.79 Å². The van der Waals surface area contributed by atoms with Crippen LogP contribution in [-0.4, -0.2) is 42.4 Å². The van der Waals surface area contributed by atoms with Crippen molar-refractivity contribution in [2.24, 2.45) is 0 Å². The molecule has 0 bridgehead atoms. The molecule has 1 rings (SSSR count). The van der Waals surface area contributed by atoms with Gasteiger partial charge in [-0.1, -0.05) is 0 Å². The molecule has 0 aromatic rings. The highest BCUT2D eigenvalue weighted by molar-refractivity contribution is 5.67. The molecule has 0 aromatic heterocycles. The molecule has 1 aliphatic rings. The Morgan fingerprint density at radius 2 is 2.25 bits per heavy atom. The van der Waals surface area contributed by atoms with Gasteiger partial charge in [0.15, 0.2) is 0 Å². The fourth-order valence-corrected chi connectivity index (χ4v) is 0.767.